The van der Waals surface area contributed by atoms with Gasteiger partial charge < -0.3 is 5.11 Å². The monoisotopic (exact) mass is 389 g/mol. The van der Waals surface area contributed by atoms with Crippen LogP contribution in [0.3, 0.4) is 0 Å². The molecule has 0 saturated carbocycles. The Morgan fingerprint density at radius 2 is 1.89 bits per heavy atom. The second-order valence-electron chi connectivity index (χ2n) is 6.84. The molecule has 1 N–H and O–H groups in total. The summed E-state index contributed by atoms with van der Waals surface area (Å²) >= 11 is 0. The van der Waals surface area contributed by atoms with Gasteiger partial charge in [0.25, 0.3) is 10.2 Å². The number of pyridine rings is 1. The molecule has 1 fully saturated rings. The van der Waals surface area contributed by atoms with Gasteiger partial charge in [0.1, 0.15) is 0 Å². The molecule has 0 radical (unpaired) electrons. The predicted octanol–water partition coefficient (Wildman–Crippen LogP) is 2.43. The average molecular weight is 389 g/mol. The SMILES string of the molecule is CN(C)S(=O)(=O)N1CCCC(c2cc(-c3ccc(C(=O)O)cc3)ccn2)C1. The maximum absolute atomic E-state index is 12.4. The molecular weight excluding hydrogens is 366 g/mol. The van der Waals surface area contributed by atoms with E-state index in [1.54, 1.807) is 44.6 Å². The van der Waals surface area contributed by atoms with Gasteiger partial charge in [-0.1, -0.05) is 12.1 Å². The Labute approximate surface area is 159 Å². The van der Waals surface area contributed by atoms with E-state index < -0.39 is 16.2 Å². The lowest BCUT2D eigenvalue weighted by molar-refractivity contribution is 0.0697. The van der Waals surface area contributed by atoms with Crippen LogP contribution in [0.15, 0.2) is 42.6 Å². The average Bonchev–Trinajstić information content (AvgIpc) is 2.68. The molecule has 1 aromatic carbocycles. The summed E-state index contributed by atoms with van der Waals surface area (Å²) in [6.45, 7) is 0.933. The van der Waals surface area contributed by atoms with E-state index in [1.165, 1.54) is 8.61 Å². The molecule has 1 aliphatic heterocycles. The highest BCUT2D eigenvalue weighted by atomic mass is 32.2. The van der Waals surface area contributed by atoms with Crippen molar-refractivity contribution in [3.63, 3.8) is 0 Å². The standard InChI is InChI=1S/C19H23N3O4S/c1-21(2)27(25,26)22-11-3-4-17(13-22)18-12-16(9-10-20-18)14-5-7-15(8-6-14)19(23)24/h5-10,12,17H,3-4,11,13H2,1-2H3,(H,23,24). The summed E-state index contributed by atoms with van der Waals surface area (Å²) in [6, 6.07) is 10.5. The minimum Gasteiger partial charge on any atom is -0.478 e. The summed E-state index contributed by atoms with van der Waals surface area (Å²) in [4.78, 5) is 15.5. The molecule has 2 aromatic rings. The van der Waals surface area contributed by atoms with Crippen molar-refractivity contribution < 1.29 is 18.3 Å². The van der Waals surface area contributed by atoms with Crippen LogP contribution in [0.4, 0.5) is 0 Å². The van der Waals surface area contributed by atoms with Crippen LogP contribution in [0.25, 0.3) is 11.1 Å². The zero-order valence-corrected chi connectivity index (χ0v) is 16.2. The molecular formula is C19H23N3O4S. The van der Waals surface area contributed by atoms with Gasteiger partial charge in [-0.25, -0.2) is 4.79 Å². The lowest BCUT2D eigenvalue weighted by Gasteiger charge is -2.33. The summed E-state index contributed by atoms with van der Waals surface area (Å²) in [6.07, 6.45) is 3.39. The lowest BCUT2D eigenvalue weighted by atomic mass is 9.93. The number of piperidine rings is 1. The Morgan fingerprint density at radius 3 is 2.52 bits per heavy atom. The molecule has 7 nitrogen and oxygen atoms in total. The second-order valence-corrected chi connectivity index (χ2v) is 8.98. The van der Waals surface area contributed by atoms with Gasteiger partial charge in [-0.2, -0.15) is 17.0 Å². The molecule has 3 rings (SSSR count). The first-order valence-electron chi connectivity index (χ1n) is 8.76. The first kappa shape index (κ1) is 19.5. The number of carboxylic acids is 1. The maximum atomic E-state index is 12.4. The van der Waals surface area contributed by atoms with E-state index in [9.17, 15) is 13.2 Å². The number of hydrogen-bond donors (Lipinski definition) is 1. The second kappa shape index (κ2) is 7.75. The fourth-order valence-corrected chi connectivity index (χ4v) is 4.47. The van der Waals surface area contributed by atoms with Gasteiger partial charge in [0, 0.05) is 45.0 Å². The van der Waals surface area contributed by atoms with E-state index in [2.05, 4.69) is 4.98 Å². The Hall–Kier alpha value is -2.29. The van der Waals surface area contributed by atoms with E-state index in [1.807, 2.05) is 12.1 Å². The quantitative estimate of drug-likeness (QED) is 0.848. The molecule has 0 aliphatic carbocycles. The molecule has 0 amide bonds. The number of carbonyl (C=O) groups is 1. The molecule has 0 bridgehead atoms. The van der Waals surface area contributed by atoms with Crippen molar-refractivity contribution in [2.45, 2.75) is 18.8 Å². The Bertz CT molecular complexity index is 926. The number of carboxylic acid groups (broad SMARTS) is 1. The van der Waals surface area contributed by atoms with E-state index in [-0.39, 0.29) is 11.5 Å². The molecule has 27 heavy (non-hydrogen) atoms. The van der Waals surface area contributed by atoms with Crippen molar-refractivity contribution >= 4 is 16.2 Å². The van der Waals surface area contributed by atoms with Crippen molar-refractivity contribution in [3.05, 3.63) is 53.9 Å². The molecule has 1 aromatic heterocycles. The maximum Gasteiger partial charge on any atom is 0.335 e. The van der Waals surface area contributed by atoms with Crippen LogP contribution in [0.5, 0.6) is 0 Å². The molecule has 144 valence electrons. The summed E-state index contributed by atoms with van der Waals surface area (Å²) in [5, 5.41) is 9.02. The van der Waals surface area contributed by atoms with Crippen molar-refractivity contribution in [2.75, 3.05) is 27.2 Å². The van der Waals surface area contributed by atoms with E-state index in [0.717, 1.165) is 29.7 Å². The first-order valence-corrected chi connectivity index (χ1v) is 10.2. The highest BCUT2D eigenvalue weighted by molar-refractivity contribution is 7.86. The molecule has 1 saturated heterocycles. The number of nitrogens with zero attached hydrogens (tertiary/aromatic N) is 3. The lowest BCUT2D eigenvalue weighted by Crippen LogP contribution is -2.45. The summed E-state index contributed by atoms with van der Waals surface area (Å²) in [5.74, 6) is -0.923. The summed E-state index contributed by atoms with van der Waals surface area (Å²) in [7, 11) is -0.352. The van der Waals surface area contributed by atoms with Gasteiger partial charge in [-0.15, -0.1) is 0 Å². The van der Waals surface area contributed by atoms with E-state index >= 15 is 0 Å². The highest BCUT2D eigenvalue weighted by Crippen LogP contribution is 2.30. The molecule has 0 spiro atoms. The van der Waals surface area contributed by atoms with Gasteiger partial charge in [0.2, 0.25) is 0 Å². The van der Waals surface area contributed by atoms with Crippen molar-refractivity contribution in [2.24, 2.45) is 0 Å². The zero-order chi connectivity index (χ0) is 19.6. The van der Waals surface area contributed by atoms with Crippen LogP contribution in [0.2, 0.25) is 0 Å². The fraction of sp³-hybridized carbons (Fsp3) is 0.368. The van der Waals surface area contributed by atoms with Gasteiger partial charge in [-0.3, -0.25) is 4.98 Å². The largest absolute Gasteiger partial charge is 0.478 e. The molecule has 1 atom stereocenters. The van der Waals surface area contributed by atoms with Crippen LogP contribution < -0.4 is 0 Å². The van der Waals surface area contributed by atoms with Gasteiger partial charge in [0.05, 0.1) is 5.56 Å². The van der Waals surface area contributed by atoms with Gasteiger partial charge in [-0.05, 0) is 48.2 Å². The molecule has 1 aliphatic rings. The van der Waals surface area contributed by atoms with Crippen LogP contribution in [-0.4, -0.2) is 60.3 Å². The third-order valence-corrected chi connectivity index (χ3v) is 6.74. The van der Waals surface area contributed by atoms with E-state index in [4.69, 9.17) is 5.11 Å². The Morgan fingerprint density at radius 1 is 1.19 bits per heavy atom. The molecule has 1 unspecified atom stereocenters. The van der Waals surface area contributed by atoms with Crippen LogP contribution >= 0.6 is 0 Å². The first-order chi connectivity index (χ1) is 12.8. The number of rotatable bonds is 5. The summed E-state index contributed by atoms with van der Waals surface area (Å²) in [5.41, 5.74) is 2.93. The summed E-state index contributed by atoms with van der Waals surface area (Å²) < 4.78 is 27.6. The van der Waals surface area contributed by atoms with Gasteiger partial charge in [0.15, 0.2) is 0 Å². The van der Waals surface area contributed by atoms with Crippen LogP contribution in [0, 0.1) is 0 Å². The third kappa shape index (κ3) is 4.18. The van der Waals surface area contributed by atoms with Crippen LogP contribution in [-0.2, 0) is 10.2 Å². The van der Waals surface area contributed by atoms with Crippen molar-refractivity contribution in [1.82, 2.24) is 13.6 Å². The van der Waals surface area contributed by atoms with Crippen molar-refractivity contribution in [1.29, 1.82) is 0 Å². The smallest absolute Gasteiger partial charge is 0.335 e. The Balaban J connectivity index is 1.84. The topological polar surface area (TPSA) is 90.8 Å². The minimum absolute atomic E-state index is 0.0340. The normalized spacial score (nSPS) is 18.6. The predicted molar refractivity (Wildman–Crippen MR) is 103 cm³/mol. The highest BCUT2D eigenvalue weighted by Gasteiger charge is 2.31. The zero-order valence-electron chi connectivity index (χ0n) is 15.4. The molecule has 2 heterocycles. The van der Waals surface area contributed by atoms with Gasteiger partial charge >= 0.3 is 5.97 Å². The Kier molecular flexibility index (Phi) is 5.59. The minimum atomic E-state index is -3.43. The number of aromatic nitrogens is 1. The molecule has 8 heteroatoms. The number of hydrogen-bond acceptors (Lipinski definition) is 4. The van der Waals surface area contributed by atoms with Crippen molar-refractivity contribution in [3.8, 4) is 11.1 Å². The fourth-order valence-electron chi connectivity index (χ4n) is 3.28. The van der Waals surface area contributed by atoms with Crippen LogP contribution in [0.1, 0.15) is 34.8 Å². The number of benzene rings is 1. The third-order valence-electron chi connectivity index (χ3n) is 4.84. The van der Waals surface area contributed by atoms with E-state index in [0.29, 0.717) is 13.1 Å². The number of aromatic carboxylic acids is 1.